The van der Waals surface area contributed by atoms with Gasteiger partial charge in [0.15, 0.2) is 0 Å². The van der Waals surface area contributed by atoms with Crippen molar-refractivity contribution < 1.29 is 24.5 Å². The van der Waals surface area contributed by atoms with Crippen LogP contribution in [0, 0.1) is 12.1 Å². The second kappa shape index (κ2) is 10.5. The van der Waals surface area contributed by atoms with Crippen LogP contribution in [0.1, 0.15) is 0 Å². The number of hydrogen-bond acceptors (Lipinski definition) is 5. The Hall–Kier alpha value is -3.44. The molecule has 0 saturated carbocycles. The minimum absolute atomic E-state index is 0. The van der Waals surface area contributed by atoms with E-state index in [0.717, 1.165) is 16.0 Å². The molecule has 0 unspecified atom stereocenters. The first-order valence-electron chi connectivity index (χ1n) is 9.97. The van der Waals surface area contributed by atoms with Crippen LogP contribution in [0.2, 0.25) is 0 Å². The zero-order chi connectivity index (χ0) is 21.8. The molecule has 0 saturated heterocycles. The van der Waals surface area contributed by atoms with Crippen molar-refractivity contribution in [1.82, 2.24) is 9.97 Å². The van der Waals surface area contributed by atoms with Crippen LogP contribution < -0.4 is 5.63 Å². The molecule has 0 bridgehead atoms. The summed E-state index contributed by atoms with van der Waals surface area (Å²) in [7, 11) is 0. The Morgan fingerprint density at radius 2 is 1.33 bits per heavy atom. The molecule has 0 aliphatic rings. The number of nitrogens with zero attached hydrogens (tertiary/aromatic N) is 2. The molecule has 6 rings (SSSR count). The average molecular weight is 625 g/mol. The Labute approximate surface area is 207 Å². The maximum Gasteiger partial charge on any atom is 0.268 e. The first-order valence-corrected chi connectivity index (χ1v) is 10.8. The van der Waals surface area contributed by atoms with Crippen molar-refractivity contribution in [2.45, 2.75) is 0 Å². The van der Waals surface area contributed by atoms with Crippen molar-refractivity contribution in [2.24, 2.45) is 0 Å². The smallest absolute Gasteiger partial charge is 0.268 e. The van der Waals surface area contributed by atoms with Crippen LogP contribution in [0.3, 0.4) is 0 Å². The number of para-hydroxylation sites is 1. The molecule has 1 radical (unpaired) electrons. The van der Waals surface area contributed by atoms with E-state index in [1.165, 1.54) is 10.1 Å². The van der Waals surface area contributed by atoms with Crippen molar-refractivity contribution in [1.29, 1.82) is 0 Å². The van der Waals surface area contributed by atoms with Gasteiger partial charge >= 0.3 is 0 Å². The molecule has 0 aliphatic carbocycles. The van der Waals surface area contributed by atoms with E-state index < -0.39 is 5.63 Å². The first kappa shape index (κ1) is 22.7. The third-order valence-corrected chi connectivity index (χ3v) is 5.81. The van der Waals surface area contributed by atoms with Crippen LogP contribution in [0.4, 0.5) is 0 Å². The van der Waals surface area contributed by atoms with Crippen LogP contribution in [-0.4, -0.2) is 9.97 Å². The molecule has 2 aromatic carbocycles. The fraction of sp³-hybridized carbons (Fsp3) is 0. The minimum atomic E-state index is -0.414. The molecule has 0 fully saturated rings. The average Bonchev–Trinajstić information content (AvgIpc) is 3.30. The van der Waals surface area contributed by atoms with E-state index in [1.807, 2.05) is 54.7 Å². The normalized spacial score (nSPS) is 10.3. The van der Waals surface area contributed by atoms with Crippen molar-refractivity contribution in [3.63, 3.8) is 0 Å². The summed E-state index contributed by atoms with van der Waals surface area (Å²) < 4.78 is 6.48. The van der Waals surface area contributed by atoms with Gasteiger partial charge in [-0.05, 0) is 27.3 Å². The van der Waals surface area contributed by atoms with Gasteiger partial charge in [-0.25, -0.2) is 11.3 Å². The minimum Gasteiger partial charge on any atom is -0.496 e. The molecule has 0 spiro atoms. The van der Waals surface area contributed by atoms with Gasteiger partial charge in [-0.1, -0.05) is 60.0 Å². The van der Waals surface area contributed by atoms with Crippen LogP contribution in [0.5, 0.6) is 0 Å². The topological polar surface area (TPSA) is 56.0 Å². The number of aromatic nitrogens is 2. The summed E-state index contributed by atoms with van der Waals surface area (Å²) in [5.41, 5.74) is 2.06. The SMILES string of the molecule is O=c1oc2ccccc2[c-]c1-c1ccccn1.[Ir].[c-]1c(-c2ccccn2)sc2ccccc12. The molecule has 0 aliphatic heterocycles. The fourth-order valence-electron chi connectivity index (χ4n) is 3.20. The van der Waals surface area contributed by atoms with E-state index >= 15 is 0 Å². The van der Waals surface area contributed by atoms with E-state index in [1.54, 1.807) is 35.7 Å². The summed E-state index contributed by atoms with van der Waals surface area (Å²) in [6.45, 7) is 0. The zero-order valence-corrected chi connectivity index (χ0v) is 20.4. The summed E-state index contributed by atoms with van der Waals surface area (Å²) in [4.78, 5) is 21.4. The molecule has 163 valence electrons. The van der Waals surface area contributed by atoms with Gasteiger partial charge in [-0.3, -0.25) is 9.78 Å². The van der Waals surface area contributed by atoms with Gasteiger partial charge in [0, 0.05) is 43.9 Å². The van der Waals surface area contributed by atoms with Crippen LogP contribution in [0.15, 0.2) is 107 Å². The van der Waals surface area contributed by atoms with Crippen molar-refractivity contribution in [2.75, 3.05) is 0 Å². The Morgan fingerprint density at radius 3 is 2.03 bits per heavy atom. The van der Waals surface area contributed by atoms with Crippen molar-refractivity contribution in [3.8, 4) is 21.8 Å². The molecule has 4 aromatic heterocycles. The zero-order valence-electron chi connectivity index (χ0n) is 17.2. The van der Waals surface area contributed by atoms with Crippen molar-refractivity contribution >= 4 is 32.4 Å². The maximum absolute atomic E-state index is 11.8. The van der Waals surface area contributed by atoms with Crippen LogP contribution in [-0.2, 0) is 20.1 Å². The Balaban J connectivity index is 0.000000153. The van der Waals surface area contributed by atoms with Gasteiger partial charge in [-0.2, -0.15) is 0 Å². The van der Waals surface area contributed by atoms with E-state index in [0.29, 0.717) is 16.8 Å². The molecule has 6 aromatic rings. The van der Waals surface area contributed by atoms with Gasteiger partial charge in [0.05, 0.1) is 5.58 Å². The number of pyridine rings is 2. The molecule has 33 heavy (non-hydrogen) atoms. The first-order chi connectivity index (χ1) is 15.8. The number of fused-ring (bicyclic) bond motifs is 2. The molecule has 6 heteroatoms. The Bertz CT molecular complexity index is 1510. The van der Waals surface area contributed by atoms with Gasteiger partial charge < -0.3 is 9.40 Å². The third-order valence-electron chi connectivity index (χ3n) is 4.72. The standard InChI is InChI=1S/C14H8NO2.C13H8NS.Ir/c16-14-11(12-6-3-4-8-15-12)9-10-5-1-2-7-13(10)17-14;1-2-7-12-10(5-1)9-13(15-12)11-6-3-4-8-14-11;/h1-8H;1-8H;/q2*-1;. The second-order valence-corrected chi connectivity index (χ2v) is 7.92. The largest absolute Gasteiger partial charge is 0.496 e. The monoisotopic (exact) mass is 625 g/mol. The molecular formula is C27H16IrN2O2S-2. The maximum atomic E-state index is 11.8. The number of hydrogen-bond donors (Lipinski definition) is 0. The Kier molecular flexibility index (Phi) is 7.20. The third kappa shape index (κ3) is 5.15. The van der Waals surface area contributed by atoms with E-state index in [9.17, 15) is 4.79 Å². The van der Waals surface area contributed by atoms with Gasteiger partial charge in [0.25, 0.3) is 5.63 Å². The van der Waals surface area contributed by atoms with Gasteiger partial charge in [-0.15, -0.1) is 35.7 Å². The summed E-state index contributed by atoms with van der Waals surface area (Å²) in [5.74, 6) is 0. The molecule has 4 nitrogen and oxygen atoms in total. The summed E-state index contributed by atoms with van der Waals surface area (Å²) in [6.07, 6.45) is 3.45. The molecule has 0 atom stereocenters. The number of thiophene rings is 1. The predicted molar refractivity (Wildman–Crippen MR) is 128 cm³/mol. The summed E-state index contributed by atoms with van der Waals surface area (Å²) >= 11 is 1.73. The van der Waals surface area contributed by atoms with Crippen molar-refractivity contribution in [3.05, 3.63) is 120 Å². The quantitative estimate of drug-likeness (QED) is 0.165. The predicted octanol–water partition coefficient (Wildman–Crippen LogP) is 6.42. The van der Waals surface area contributed by atoms with E-state index in [4.69, 9.17) is 4.42 Å². The number of rotatable bonds is 2. The van der Waals surface area contributed by atoms with E-state index in [-0.39, 0.29) is 20.1 Å². The number of benzene rings is 2. The summed E-state index contributed by atoms with van der Waals surface area (Å²) in [6, 6.07) is 33.3. The van der Waals surface area contributed by atoms with Crippen LogP contribution >= 0.6 is 11.3 Å². The van der Waals surface area contributed by atoms with Gasteiger partial charge in [0.2, 0.25) is 0 Å². The Morgan fingerprint density at radius 1 is 0.697 bits per heavy atom. The van der Waals surface area contributed by atoms with E-state index in [2.05, 4.69) is 40.3 Å². The van der Waals surface area contributed by atoms with Crippen LogP contribution in [0.25, 0.3) is 42.9 Å². The van der Waals surface area contributed by atoms with Gasteiger partial charge in [0.1, 0.15) is 0 Å². The summed E-state index contributed by atoms with van der Waals surface area (Å²) in [5, 5.41) is 1.94. The molecular weight excluding hydrogens is 609 g/mol. The molecule has 4 heterocycles. The second-order valence-electron chi connectivity index (χ2n) is 6.87. The molecule has 0 N–H and O–H groups in total. The molecule has 0 amide bonds. The fourth-order valence-corrected chi connectivity index (χ4v) is 4.19.